The van der Waals surface area contributed by atoms with Gasteiger partial charge in [0.1, 0.15) is 0 Å². The Morgan fingerprint density at radius 2 is 2.21 bits per heavy atom. The van der Waals surface area contributed by atoms with Gasteiger partial charge < -0.3 is 10.6 Å². The van der Waals surface area contributed by atoms with Crippen LogP contribution in [0.15, 0.2) is 24.3 Å². The fourth-order valence-corrected chi connectivity index (χ4v) is 3.95. The van der Waals surface area contributed by atoms with Crippen molar-refractivity contribution < 1.29 is 13.2 Å². The Morgan fingerprint density at radius 3 is 2.84 bits per heavy atom. The van der Waals surface area contributed by atoms with E-state index in [0.717, 1.165) is 12.1 Å². The number of anilines is 1. The summed E-state index contributed by atoms with van der Waals surface area (Å²) in [5.41, 5.74) is 1.78. The molecule has 0 saturated carbocycles. The molecule has 0 bridgehead atoms. The van der Waals surface area contributed by atoms with Crippen LogP contribution in [-0.4, -0.2) is 32.9 Å². The highest BCUT2D eigenvalue weighted by molar-refractivity contribution is 7.91. The van der Waals surface area contributed by atoms with Crippen molar-refractivity contribution in [2.75, 3.05) is 23.9 Å². The first kappa shape index (κ1) is 14.0. The molecule has 1 fully saturated rings. The number of benzene rings is 1. The van der Waals surface area contributed by atoms with E-state index in [0.29, 0.717) is 12.1 Å². The molecule has 1 aliphatic heterocycles. The maximum Gasteiger partial charge on any atom is 0.228 e. The lowest BCUT2D eigenvalue weighted by atomic mass is 10.1. The van der Waals surface area contributed by atoms with Crippen LogP contribution < -0.4 is 10.6 Å². The smallest absolute Gasteiger partial charge is 0.228 e. The van der Waals surface area contributed by atoms with Gasteiger partial charge in [0.2, 0.25) is 5.91 Å². The summed E-state index contributed by atoms with van der Waals surface area (Å²) in [5.74, 6) is -0.541. The highest BCUT2D eigenvalue weighted by Gasteiger charge is 2.32. The van der Waals surface area contributed by atoms with Gasteiger partial charge in [0.15, 0.2) is 9.84 Å². The molecule has 0 radical (unpaired) electrons. The van der Waals surface area contributed by atoms with Crippen LogP contribution in [-0.2, 0) is 21.2 Å². The molecule has 1 aliphatic rings. The molecular weight excluding hydrogens is 264 g/mol. The van der Waals surface area contributed by atoms with Crippen LogP contribution in [0.3, 0.4) is 0 Å². The summed E-state index contributed by atoms with van der Waals surface area (Å²) < 4.78 is 22.7. The highest BCUT2D eigenvalue weighted by atomic mass is 32.2. The quantitative estimate of drug-likeness (QED) is 0.855. The average Bonchev–Trinajstić information content (AvgIpc) is 2.71. The number of carbonyl (C=O) groups excluding carboxylic acids is 1. The lowest BCUT2D eigenvalue weighted by molar-refractivity contribution is -0.119. The molecule has 1 heterocycles. The number of carbonyl (C=O) groups is 1. The molecule has 1 aromatic carbocycles. The lowest BCUT2D eigenvalue weighted by Crippen LogP contribution is -2.23. The number of amides is 1. The summed E-state index contributed by atoms with van der Waals surface area (Å²) >= 11 is 0. The van der Waals surface area contributed by atoms with E-state index in [2.05, 4.69) is 10.6 Å². The van der Waals surface area contributed by atoms with Crippen LogP contribution in [0.1, 0.15) is 12.0 Å². The normalized spacial score (nSPS) is 21.2. The number of rotatable bonds is 4. The fourth-order valence-electron chi connectivity index (χ4n) is 2.21. The topological polar surface area (TPSA) is 75.3 Å². The Balaban J connectivity index is 2.01. The van der Waals surface area contributed by atoms with Crippen molar-refractivity contribution >= 4 is 21.4 Å². The van der Waals surface area contributed by atoms with Crippen molar-refractivity contribution in [1.29, 1.82) is 0 Å². The van der Waals surface area contributed by atoms with E-state index < -0.39 is 15.8 Å². The van der Waals surface area contributed by atoms with Gasteiger partial charge in [-0.3, -0.25) is 4.79 Å². The van der Waals surface area contributed by atoms with Crippen molar-refractivity contribution in [1.82, 2.24) is 5.32 Å². The van der Waals surface area contributed by atoms with Gasteiger partial charge in [0, 0.05) is 12.2 Å². The summed E-state index contributed by atoms with van der Waals surface area (Å²) in [5, 5.41) is 5.83. The predicted molar refractivity (Wildman–Crippen MR) is 74.6 cm³/mol. The van der Waals surface area contributed by atoms with Crippen molar-refractivity contribution in [2.45, 2.75) is 13.0 Å². The number of nitrogens with one attached hydrogen (secondary N) is 2. The third-order valence-electron chi connectivity index (χ3n) is 3.18. The monoisotopic (exact) mass is 282 g/mol. The zero-order valence-corrected chi connectivity index (χ0v) is 11.7. The Morgan fingerprint density at radius 1 is 1.42 bits per heavy atom. The second-order valence-corrected chi connectivity index (χ2v) is 7.05. The number of hydrogen-bond acceptors (Lipinski definition) is 4. The second-order valence-electron chi connectivity index (χ2n) is 4.82. The molecule has 104 valence electrons. The van der Waals surface area contributed by atoms with Crippen LogP contribution in [0.2, 0.25) is 0 Å². The van der Waals surface area contributed by atoms with Crippen molar-refractivity contribution in [3.05, 3.63) is 29.8 Å². The molecule has 0 spiro atoms. The molecule has 1 amide bonds. The summed E-state index contributed by atoms with van der Waals surface area (Å²) in [7, 11) is -1.16. The number of hydrogen-bond donors (Lipinski definition) is 2. The van der Waals surface area contributed by atoms with Gasteiger partial charge in [-0.2, -0.15) is 0 Å². The van der Waals surface area contributed by atoms with E-state index >= 15 is 0 Å². The minimum absolute atomic E-state index is 0.0327. The minimum atomic E-state index is -3.02. The van der Waals surface area contributed by atoms with E-state index in [1.807, 2.05) is 25.2 Å². The van der Waals surface area contributed by atoms with Gasteiger partial charge in [-0.1, -0.05) is 12.1 Å². The van der Waals surface area contributed by atoms with Gasteiger partial charge in [-0.05, 0) is 31.2 Å². The molecule has 6 heteroatoms. The third kappa shape index (κ3) is 3.78. The fraction of sp³-hybridized carbons (Fsp3) is 0.462. The molecular formula is C13H18N2O3S. The van der Waals surface area contributed by atoms with Crippen molar-refractivity contribution in [3.8, 4) is 0 Å². The molecule has 1 atom stereocenters. The summed E-state index contributed by atoms with van der Waals surface area (Å²) in [6.07, 6.45) is 0.421. The first-order valence-corrected chi connectivity index (χ1v) is 8.07. The van der Waals surface area contributed by atoms with E-state index in [-0.39, 0.29) is 17.4 Å². The molecule has 0 aliphatic carbocycles. The van der Waals surface area contributed by atoms with Crippen LogP contribution in [0.4, 0.5) is 5.69 Å². The van der Waals surface area contributed by atoms with Crippen LogP contribution >= 0.6 is 0 Å². The van der Waals surface area contributed by atoms with Crippen LogP contribution in [0, 0.1) is 5.92 Å². The van der Waals surface area contributed by atoms with Gasteiger partial charge in [0.05, 0.1) is 17.4 Å². The summed E-state index contributed by atoms with van der Waals surface area (Å²) in [6, 6.07) is 7.53. The number of sulfone groups is 1. The SMILES string of the molecule is CNCc1cccc(NC(=O)C2CCS(=O)(=O)C2)c1. The Bertz CT molecular complexity index is 569. The summed E-state index contributed by atoms with van der Waals surface area (Å²) in [6.45, 7) is 0.724. The molecule has 1 unspecified atom stereocenters. The molecule has 1 saturated heterocycles. The standard InChI is InChI=1S/C13H18N2O3S/c1-14-8-10-3-2-4-12(7-10)15-13(16)11-5-6-19(17,18)9-11/h2-4,7,11,14H,5-6,8-9H2,1H3,(H,15,16). The molecule has 2 rings (SSSR count). The largest absolute Gasteiger partial charge is 0.326 e. The van der Waals surface area contributed by atoms with E-state index in [1.54, 1.807) is 6.07 Å². The molecule has 5 nitrogen and oxygen atoms in total. The van der Waals surface area contributed by atoms with Gasteiger partial charge in [0.25, 0.3) is 0 Å². The Kier molecular flexibility index (Phi) is 4.21. The first-order chi connectivity index (χ1) is 9.00. The van der Waals surface area contributed by atoms with E-state index in [4.69, 9.17) is 0 Å². The summed E-state index contributed by atoms with van der Waals surface area (Å²) in [4.78, 5) is 12.0. The van der Waals surface area contributed by atoms with Crippen LogP contribution in [0.25, 0.3) is 0 Å². The molecule has 2 N–H and O–H groups in total. The molecule has 19 heavy (non-hydrogen) atoms. The maximum absolute atomic E-state index is 12.0. The van der Waals surface area contributed by atoms with Gasteiger partial charge >= 0.3 is 0 Å². The van der Waals surface area contributed by atoms with Crippen LogP contribution in [0.5, 0.6) is 0 Å². The Labute approximate surface area is 113 Å². The average molecular weight is 282 g/mol. The molecule has 1 aromatic rings. The Hall–Kier alpha value is -1.40. The highest BCUT2D eigenvalue weighted by Crippen LogP contribution is 2.20. The first-order valence-electron chi connectivity index (χ1n) is 6.25. The van der Waals surface area contributed by atoms with E-state index in [9.17, 15) is 13.2 Å². The van der Waals surface area contributed by atoms with Crippen molar-refractivity contribution in [2.24, 2.45) is 5.92 Å². The van der Waals surface area contributed by atoms with Gasteiger partial charge in [-0.25, -0.2) is 8.42 Å². The minimum Gasteiger partial charge on any atom is -0.326 e. The maximum atomic E-state index is 12.0. The van der Waals surface area contributed by atoms with Crippen molar-refractivity contribution in [3.63, 3.8) is 0 Å². The lowest BCUT2D eigenvalue weighted by Gasteiger charge is -2.10. The van der Waals surface area contributed by atoms with E-state index in [1.165, 1.54) is 0 Å². The van der Waals surface area contributed by atoms with Gasteiger partial charge in [-0.15, -0.1) is 0 Å². The molecule has 0 aromatic heterocycles. The zero-order valence-electron chi connectivity index (χ0n) is 10.8. The zero-order chi connectivity index (χ0) is 13.9. The predicted octanol–water partition coefficient (Wildman–Crippen LogP) is 0.779. The second kappa shape index (κ2) is 5.71. The third-order valence-corrected chi connectivity index (χ3v) is 4.95.